The zero-order valence-corrected chi connectivity index (χ0v) is 8.58. The van der Waals surface area contributed by atoms with E-state index in [4.69, 9.17) is 4.74 Å². The van der Waals surface area contributed by atoms with E-state index in [1.807, 2.05) is 0 Å². The maximum absolute atomic E-state index is 11.2. The van der Waals surface area contributed by atoms with Crippen LogP contribution in [-0.2, 0) is 9.53 Å². The van der Waals surface area contributed by atoms with Gasteiger partial charge in [0.05, 0.1) is 6.10 Å². The van der Waals surface area contributed by atoms with Gasteiger partial charge in [-0.2, -0.15) is 0 Å². The summed E-state index contributed by atoms with van der Waals surface area (Å²) < 4.78 is 5.51. The minimum atomic E-state index is 0.0607. The third kappa shape index (κ3) is 3.77. The summed E-state index contributed by atoms with van der Waals surface area (Å²) in [5, 5.41) is 0. The van der Waals surface area contributed by atoms with Gasteiger partial charge in [-0.15, -0.1) is 0 Å². The molecule has 3 heteroatoms. The lowest BCUT2D eigenvalue weighted by atomic mass is 9.98. The number of hydrogen-bond donors (Lipinski definition) is 0. The van der Waals surface area contributed by atoms with E-state index in [-0.39, 0.29) is 12.5 Å². The van der Waals surface area contributed by atoms with E-state index in [1.54, 1.807) is 19.0 Å². The first-order valence-corrected chi connectivity index (χ1v) is 5.02. The highest BCUT2D eigenvalue weighted by Crippen LogP contribution is 2.19. The third-order valence-corrected chi connectivity index (χ3v) is 2.49. The maximum Gasteiger partial charge on any atom is 0.248 e. The monoisotopic (exact) mass is 185 g/mol. The van der Waals surface area contributed by atoms with Gasteiger partial charge in [0.1, 0.15) is 6.61 Å². The van der Waals surface area contributed by atoms with Crippen LogP contribution >= 0.6 is 0 Å². The number of amides is 1. The summed E-state index contributed by atoms with van der Waals surface area (Å²) in [6.07, 6.45) is 6.41. The highest BCUT2D eigenvalue weighted by molar-refractivity contribution is 5.76. The Bertz CT molecular complexity index is 162. The van der Waals surface area contributed by atoms with Crippen molar-refractivity contribution in [2.45, 2.75) is 38.2 Å². The van der Waals surface area contributed by atoms with Crippen LogP contribution in [0.1, 0.15) is 32.1 Å². The van der Waals surface area contributed by atoms with E-state index in [2.05, 4.69) is 0 Å². The number of ether oxygens (including phenoxy) is 1. The van der Waals surface area contributed by atoms with Gasteiger partial charge in [-0.05, 0) is 12.8 Å². The van der Waals surface area contributed by atoms with E-state index in [0.717, 1.165) is 12.8 Å². The lowest BCUT2D eigenvalue weighted by molar-refractivity contribution is -0.136. The minimum Gasteiger partial charge on any atom is -0.368 e. The fourth-order valence-corrected chi connectivity index (χ4v) is 1.55. The largest absolute Gasteiger partial charge is 0.368 e. The molecule has 1 rings (SSSR count). The molecular formula is C10H19NO2. The molecule has 0 aromatic carbocycles. The molecule has 0 aliphatic heterocycles. The highest BCUT2D eigenvalue weighted by Gasteiger charge is 2.15. The first kappa shape index (κ1) is 10.5. The van der Waals surface area contributed by atoms with E-state index >= 15 is 0 Å². The van der Waals surface area contributed by atoms with Crippen LogP contribution in [0.4, 0.5) is 0 Å². The summed E-state index contributed by atoms with van der Waals surface area (Å²) in [6, 6.07) is 0. The number of hydrogen-bond acceptors (Lipinski definition) is 2. The number of likely N-dealkylation sites (N-methyl/N-ethyl adjacent to an activating group) is 1. The van der Waals surface area contributed by atoms with Gasteiger partial charge in [0.15, 0.2) is 0 Å². The van der Waals surface area contributed by atoms with Crippen molar-refractivity contribution in [2.24, 2.45) is 0 Å². The van der Waals surface area contributed by atoms with Crippen LogP contribution in [0.25, 0.3) is 0 Å². The van der Waals surface area contributed by atoms with Gasteiger partial charge in [0.25, 0.3) is 0 Å². The number of carbonyl (C=O) groups is 1. The van der Waals surface area contributed by atoms with E-state index < -0.39 is 0 Å². The van der Waals surface area contributed by atoms with Crippen molar-refractivity contribution in [3.05, 3.63) is 0 Å². The molecule has 1 saturated carbocycles. The van der Waals surface area contributed by atoms with Gasteiger partial charge in [-0.1, -0.05) is 19.3 Å². The molecule has 0 heterocycles. The van der Waals surface area contributed by atoms with E-state index in [1.165, 1.54) is 19.3 Å². The molecule has 0 aromatic rings. The molecule has 0 spiro atoms. The van der Waals surface area contributed by atoms with Crippen molar-refractivity contribution >= 4 is 5.91 Å². The van der Waals surface area contributed by atoms with Crippen molar-refractivity contribution in [1.29, 1.82) is 0 Å². The van der Waals surface area contributed by atoms with Gasteiger partial charge in [0.2, 0.25) is 5.91 Å². The lowest BCUT2D eigenvalue weighted by Gasteiger charge is -2.22. The lowest BCUT2D eigenvalue weighted by Crippen LogP contribution is -2.29. The summed E-state index contributed by atoms with van der Waals surface area (Å²) in [5.41, 5.74) is 0. The van der Waals surface area contributed by atoms with Crippen molar-refractivity contribution in [3.63, 3.8) is 0 Å². The molecule has 1 amide bonds. The third-order valence-electron chi connectivity index (χ3n) is 2.49. The van der Waals surface area contributed by atoms with Gasteiger partial charge in [-0.3, -0.25) is 4.79 Å². The minimum absolute atomic E-state index is 0.0607. The van der Waals surface area contributed by atoms with Crippen molar-refractivity contribution in [1.82, 2.24) is 4.90 Å². The van der Waals surface area contributed by atoms with Crippen LogP contribution in [-0.4, -0.2) is 37.6 Å². The molecule has 0 N–H and O–H groups in total. The average molecular weight is 185 g/mol. The Morgan fingerprint density at radius 2 is 1.92 bits per heavy atom. The average Bonchev–Trinajstić information content (AvgIpc) is 2.15. The fourth-order valence-electron chi connectivity index (χ4n) is 1.55. The Morgan fingerprint density at radius 3 is 2.46 bits per heavy atom. The fraction of sp³-hybridized carbons (Fsp3) is 0.900. The molecule has 76 valence electrons. The SMILES string of the molecule is CN(C)C(=O)COC1CCCCC1. The van der Waals surface area contributed by atoms with Gasteiger partial charge in [0, 0.05) is 14.1 Å². The molecule has 1 aliphatic carbocycles. The summed E-state index contributed by atoms with van der Waals surface area (Å²) in [7, 11) is 3.51. The number of rotatable bonds is 3. The zero-order valence-electron chi connectivity index (χ0n) is 8.58. The highest BCUT2D eigenvalue weighted by atomic mass is 16.5. The van der Waals surface area contributed by atoms with E-state index in [0.29, 0.717) is 6.10 Å². The summed E-state index contributed by atoms with van der Waals surface area (Å²) in [6.45, 7) is 0.248. The molecule has 0 radical (unpaired) electrons. The van der Waals surface area contributed by atoms with Crippen LogP contribution in [0.15, 0.2) is 0 Å². The summed E-state index contributed by atoms with van der Waals surface area (Å²) in [5.74, 6) is 0.0607. The number of carbonyl (C=O) groups excluding carboxylic acids is 1. The Labute approximate surface area is 80.1 Å². The Hall–Kier alpha value is -0.570. The number of nitrogens with zero attached hydrogens (tertiary/aromatic N) is 1. The molecule has 1 aliphatic rings. The predicted molar refractivity (Wildman–Crippen MR) is 51.5 cm³/mol. The second kappa shape index (κ2) is 5.22. The van der Waals surface area contributed by atoms with Gasteiger partial charge < -0.3 is 9.64 Å². The predicted octanol–water partition coefficient (Wildman–Crippen LogP) is 1.42. The molecule has 3 nitrogen and oxygen atoms in total. The second-order valence-electron chi connectivity index (χ2n) is 3.86. The van der Waals surface area contributed by atoms with Crippen LogP contribution in [0, 0.1) is 0 Å². The van der Waals surface area contributed by atoms with Crippen LogP contribution < -0.4 is 0 Å². The Kier molecular flexibility index (Phi) is 4.22. The molecular weight excluding hydrogens is 166 g/mol. The van der Waals surface area contributed by atoms with Gasteiger partial charge >= 0.3 is 0 Å². The zero-order chi connectivity index (χ0) is 9.68. The molecule has 0 aromatic heterocycles. The summed E-state index contributed by atoms with van der Waals surface area (Å²) >= 11 is 0. The first-order chi connectivity index (χ1) is 6.20. The van der Waals surface area contributed by atoms with Crippen molar-refractivity contribution in [2.75, 3.05) is 20.7 Å². The maximum atomic E-state index is 11.2. The summed E-state index contributed by atoms with van der Waals surface area (Å²) in [4.78, 5) is 12.8. The van der Waals surface area contributed by atoms with Crippen LogP contribution in [0.3, 0.4) is 0 Å². The standard InChI is InChI=1S/C10H19NO2/c1-11(2)10(12)8-13-9-6-4-3-5-7-9/h9H,3-8H2,1-2H3. The molecule has 0 bridgehead atoms. The van der Waals surface area contributed by atoms with Crippen molar-refractivity contribution in [3.8, 4) is 0 Å². The molecule has 0 saturated heterocycles. The van der Waals surface area contributed by atoms with Gasteiger partial charge in [-0.25, -0.2) is 0 Å². The van der Waals surface area contributed by atoms with E-state index in [9.17, 15) is 4.79 Å². The molecule has 1 fully saturated rings. The molecule has 13 heavy (non-hydrogen) atoms. The Morgan fingerprint density at radius 1 is 1.31 bits per heavy atom. The van der Waals surface area contributed by atoms with Crippen LogP contribution in [0.5, 0.6) is 0 Å². The Balaban J connectivity index is 2.13. The quantitative estimate of drug-likeness (QED) is 0.665. The molecule has 0 atom stereocenters. The topological polar surface area (TPSA) is 29.5 Å². The smallest absolute Gasteiger partial charge is 0.248 e. The molecule has 0 unspecified atom stereocenters. The van der Waals surface area contributed by atoms with Crippen molar-refractivity contribution < 1.29 is 9.53 Å². The second-order valence-corrected chi connectivity index (χ2v) is 3.86. The first-order valence-electron chi connectivity index (χ1n) is 5.02. The normalized spacial score (nSPS) is 18.6. The van der Waals surface area contributed by atoms with Crippen LogP contribution in [0.2, 0.25) is 0 Å².